The predicted molar refractivity (Wildman–Crippen MR) is 121 cm³/mol. The second-order valence-electron chi connectivity index (χ2n) is 7.48. The predicted octanol–water partition coefficient (Wildman–Crippen LogP) is 3.91. The highest BCUT2D eigenvalue weighted by Crippen LogP contribution is 2.17. The molecule has 4 aromatic rings. The fourth-order valence-corrected chi connectivity index (χ4v) is 3.55. The molecule has 1 amide bonds. The third-order valence-electron chi connectivity index (χ3n) is 5.28. The van der Waals surface area contributed by atoms with E-state index in [0.717, 1.165) is 36.1 Å². The molecule has 0 saturated carbocycles. The normalized spacial score (nSPS) is 11.0. The number of benzene rings is 2. The Balaban J connectivity index is 1.54. The Kier molecular flexibility index (Phi) is 6.21. The molecule has 0 aliphatic heterocycles. The number of aryl methyl sites for hydroxylation is 1. The lowest BCUT2D eigenvalue weighted by Crippen LogP contribution is -2.30. The van der Waals surface area contributed by atoms with Gasteiger partial charge in [-0.1, -0.05) is 62.2 Å². The van der Waals surface area contributed by atoms with Gasteiger partial charge in [0.1, 0.15) is 0 Å². The first-order chi connectivity index (χ1) is 15.2. The number of hydrogen-bond acceptors (Lipinski definition) is 4. The van der Waals surface area contributed by atoms with Crippen LogP contribution in [0.5, 0.6) is 0 Å². The first-order valence-corrected chi connectivity index (χ1v) is 10.5. The summed E-state index contributed by atoms with van der Waals surface area (Å²) in [5.41, 5.74) is 3.06. The molecule has 0 radical (unpaired) electrons. The number of nitrogens with zero attached hydrogens (tertiary/aromatic N) is 3. The van der Waals surface area contributed by atoms with Crippen molar-refractivity contribution in [3.8, 4) is 11.3 Å². The van der Waals surface area contributed by atoms with E-state index < -0.39 is 0 Å². The minimum Gasteiger partial charge on any atom is -0.347 e. The van der Waals surface area contributed by atoms with Gasteiger partial charge in [0.15, 0.2) is 5.69 Å². The SMILES string of the molecule is CCCCCn1nc(C(=O)NCc2ccc(-c3ccn[nH]3)cc2)c2ccccc2c1=O. The van der Waals surface area contributed by atoms with Gasteiger partial charge in [-0.15, -0.1) is 0 Å². The highest BCUT2D eigenvalue weighted by atomic mass is 16.2. The Hall–Kier alpha value is -3.74. The average molecular weight is 415 g/mol. The summed E-state index contributed by atoms with van der Waals surface area (Å²) >= 11 is 0. The molecule has 0 aliphatic rings. The lowest BCUT2D eigenvalue weighted by atomic mass is 10.1. The van der Waals surface area contributed by atoms with Gasteiger partial charge in [-0.2, -0.15) is 10.2 Å². The van der Waals surface area contributed by atoms with Gasteiger partial charge in [0.25, 0.3) is 11.5 Å². The molecule has 0 bridgehead atoms. The van der Waals surface area contributed by atoms with Gasteiger partial charge in [-0.25, -0.2) is 4.68 Å². The summed E-state index contributed by atoms with van der Waals surface area (Å²) in [7, 11) is 0. The van der Waals surface area contributed by atoms with E-state index in [2.05, 4.69) is 27.5 Å². The van der Waals surface area contributed by atoms with Crippen molar-refractivity contribution >= 4 is 16.7 Å². The molecule has 0 spiro atoms. The summed E-state index contributed by atoms with van der Waals surface area (Å²) in [5.74, 6) is -0.293. The molecular formula is C24H25N5O2. The smallest absolute Gasteiger partial charge is 0.274 e. The molecule has 4 rings (SSSR count). The molecule has 0 aliphatic carbocycles. The first kappa shape index (κ1) is 20.5. The van der Waals surface area contributed by atoms with Crippen molar-refractivity contribution in [3.63, 3.8) is 0 Å². The van der Waals surface area contributed by atoms with Crippen LogP contribution in [0.2, 0.25) is 0 Å². The molecule has 2 N–H and O–H groups in total. The molecule has 0 unspecified atom stereocenters. The van der Waals surface area contributed by atoms with Gasteiger partial charge in [-0.3, -0.25) is 14.7 Å². The summed E-state index contributed by atoms with van der Waals surface area (Å²) < 4.78 is 1.42. The van der Waals surface area contributed by atoms with Crippen LogP contribution in [0.25, 0.3) is 22.0 Å². The van der Waals surface area contributed by atoms with Crippen LogP contribution in [0.4, 0.5) is 0 Å². The Bertz CT molecular complexity index is 1230. The zero-order valence-corrected chi connectivity index (χ0v) is 17.5. The van der Waals surface area contributed by atoms with Crippen LogP contribution in [0.3, 0.4) is 0 Å². The summed E-state index contributed by atoms with van der Waals surface area (Å²) in [4.78, 5) is 25.7. The standard InChI is InChI=1S/C24H25N5O2/c1-2-3-6-15-29-24(31)20-8-5-4-7-19(20)22(28-29)23(30)25-16-17-9-11-18(12-10-17)21-13-14-26-27-21/h4-5,7-14H,2-3,6,15-16H2,1H3,(H,25,30)(H,26,27). The van der Waals surface area contributed by atoms with E-state index in [-0.39, 0.29) is 17.2 Å². The fourth-order valence-electron chi connectivity index (χ4n) is 3.55. The van der Waals surface area contributed by atoms with E-state index in [9.17, 15) is 9.59 Å². The molecule has 0 fully saturated rings. The van der Waals surface area contributed by atoms with Crippen LogP contribution in [-0.4, -0.2) is 25.9 Å². The van der Waals surface area contributed by atoms with Crippen molar-refractivity contribution in [2.75, 3.05) is 0 Å². The van der Waals surface area contributed by atoms with Crippen molar-refractivity contribution < 1.29 is 4.79 Å². The number of unbranched alkanes of at least 4 members (excludes halogenated alkanes) is 2. The number of aromatic nitrogens is 4. The highest BCUT2D eigenvalue weighted by Gasteiger charge is 2.16. The monoisotopic (exact) mass is 415 g/mol. The molecule has 158 valence electrons. The molecule has 0 atom stereocenters. The maximum absolute atomic E-state index is 13.0. The van der Waals surface area contributed by atoms with E-state index >= 15 is 0 Å². The van der Waals surface area contributed by atoms with Crippen molar-refractivity contribution in [3.05, 3.63) is 82.4 Å². The molecule has 2 heterocycles. The van der Waals surface area contributed by atoms with Gasteiger partial charge < -0.3 is 5.32 Å². The molecule has 2 aromatic carbocycles. The van der Waals surface area contributed by atoms with Gasteiger partial charge >= 0.3 is 0 Å². The Morgan fingerprint density at radius 2 is 1.81 bits per heavy atom. The summed E-state index contributed by atoms with van der Waals surface area (Å²) in [6.45, 7) is 2.98. The fraction of sp³-hybridized carbons (Fsp3) is 0.250. The first-order valence-electron chi connectivity index (χ1n) is 10.5. The lowest BCUT2D eigenvalue weighted by molar-refractivity contribution is 0.0945. The van der Waals surface area contributed by atoms with Gasteiger partial charge in [-0.05, 0) is 29.7 Å². The lowest BCUT2D eigenvalue weighted by Gasteiger charge is -2.11. The van der Waals surface area contributed by atoms with Gasteiger partial charge in [0, 0.05) is 24.7 Å². The minimum absolute atomic E-state index is 0.155. The minimum atomic E-state index is -0.293. The van der Waals surface area contributed by atoms with Crippen LogP contribution in [0.1, 0.15) is 42.2 Å². The Morgan fingerprint density at radius 3 is 2.52 bits per heavy atom. The Labute approximate surface area is 180 Å². The second-order valence-corrected chi connectivity index (χ2v) is 7.48. The van der Waals surface area contributed by atoms with Crippen LogP contribution in [-0.2, 0) is 13.1 Å². The average Bonchev–Trinajstić information content (AvgIpc) is 3.34. The number of H-pyrrole nitrogens is 1. The molecule has 7 nitrogen and oxygen atoms in total. The van der Waals surface area contributed by atoms with Crippen LogP contribution >= 0.6 is 0 Å². The number of amides is 1. The van der Waals surface area contributed by atoms with E-state index in [4.69, 9.17) is 0 Å². The third kappa shape index (κ3) is 4.55. The summed E-state index contributed by atoms with van der Waals surface area (Å²) in [5, 5.41) is 15.3. The van der Waals surface area contributed by atoms with Crippen LogP contribution in [0.15, 0.2) is 65.6 Å². The summed E-state index contributed by atoms with van der Waals surface area (Å²) in [6, 6.07) is 16.9. The molecule has 0 saturated heterocycles. The molecule has 7 heteroatoms. The largest absolute Gasteiger partial charge is 0.347 e. The van der Waals surface area contributed by atoms with E-state index in [0.29, 0.717) is 23.9 Å². The second kappa shape index (κ2) is 9.38. The third-order valence-corrected chi connectivity index (χ3v) is 5.28. The number of rotatable bonds is 8. The van der Waals surface area contributed by atoms with Crippen molar-refractivity contribution in [1.82, 2.24) is 25.3 Å². The summed E-state index contributed by atoms with van der Waals surface area (Å²) in [6.07, 6.45) is 4.62. The van der Waals surface area contributed by atoms with Crippen molar-refractivity contribution in [1.29, 1.82) is 0 Å². The molecular weight excluding hydrogens is 390 g/mol. The number of aromatic amines is 1. The van der Waals surface area contributed by atoms with E-state index in [1.165, 1.54) is 4.68 Å². The number of carbonyl (C=O) groups is 1. The topological polar surface area (TPSA) is 92.7 Å². The Morgan fingerprint density at radius 1 is 1.03 bits per heavy atom. The number of hydrogen-bond donors (Lipinski definition) is 2. The quantitative estimate of drug-likeness (QED) is 0.427. The maximum atomic E-state index is 13.0. The number of nitrogens with one attached hydrogen (secondary N) is 2. The van der Waals surface area contributed by atoms with Crippen molar-refractivity contribution in [2.45, 2.75) is 39.3 Å². The highest BCUT2D eigenvalue weighted by molar-refractivity contribution is 6.04. The van der Waals surface area contributed by atoms with Crippen LogP contribution in [0, 0.1) is 0 Å². The van der Waals surface area contributed by atoms with Gasteiger partial charge in [0.2, 0.25) is 0 Å². The van der Waals surface area contributed by atoms with Crippen LogP contribution < -0.4 is 10.9 Å². The van der Waals surface area contributed by atoms with Gasteiger partial charge in [0.05, 0.1) is 11.1 Å². The maximum Gasteiger partial charge on any atom is 0.274 e. The number of fused-ring (bicyclic) bond motifs is 1. The van der Waals surface area contributed by atoms with E-state index in [1.54, 1.807) is 18.3 Å². The number of carbonyl (C=O) groups excluding carboxylic acids is 1. The zero-order valence-electron chi connectivity index (χ0n) is 17.5. The molecule has 31 heavy (non-hydrogen) atoms. The van der Waals surface area contributed by atoms with E-state index in [1.807, 2.05) is 42.5 Å². The van der Waals surface area contributed by atoms with Crippen molar-refractivity contribution in [2.24, 2.45) is 0 Å². The molecule has 2 aromatic heterocycles. The zero-order chi connectivity index (χ0) is 21.6.